The summed E-state index contributed by atoms with van der Waals surface area (Å²) in [7, 11) is 8.33. The molecule has 4 aromatic rings. The van der Waals surface area contributed by atoms with Gasteiger partial charge < -0.3 is 9.22 Å². The predicted octanol–water partition coefficient (Wildman–Crippen LogP) is 3.24. The van der Waals surface area contributed by atoms with Gasteiger partial charge in [-0.05, 0) is 50.7 Å². The fourth-order valence-corrected chi connectivity index (χ4v) is 5.17. The van der Waals surface area contributed by atoms with Gasteiger partial charge in [-0.1, -0.05) is 18.2 Å². The lowest BCUT2D eigenvalue weighted by atomic mass is 9.37. The van der Waals surface area contributed by atoms with Crippen LogP contribution in [0.15, 0.2) is 53.3 Å². The lowest BCUT2D eigenvalue weighted by Crippen LogP contribution is -2.63. The molecule has 1 amide bonds. The van der Waals surface area contributed by atoms with Crippen LogP contribution in [0.25, 0.3) is 22.0 Å². The van der Waals surface area contributed by atoms with Crippen molar-refractivity contribution in [3.8, 4) is 11.1 Å². The van der Waals surface area contributed by atoms with E-state index in [0.29, 0.717) is 10.0 Å². The fourth-order valence-electron chi connectivity index (χ4n) is 4.84. The van der Waals surface area contributed by atoms with E-state index in [1.54, 1.807) is 16.8 Å². The molecular weight excluding hydrogens is 476 g/mol. The van der Waals surface area contributed by atoms with Gasteiger partial charge in [0.15, 0.2) is 0 Å². The number of aromatic nitrogens is 3. The zero-order valence-corrected chi connectivity index (χ0v) is 18.4. The van der Waals surface area contributed by atoms with E-state index in [2.05, 4.69) is 26.0 Å². The molecule has 0 spiro atoms. The topological polar surface area (TPSA) is 51.0 Å². The van der Waals surface area contributed by atoms with Gasteiger partial charge in [-0.3, -0.25) is 14.5 Å². The maximum Gasteiger partial charge on any atom is 0.404 e. The van der Waals surface area contributed by atoms with Crippen molar-refractivity contribution in [2.24, 2.45) is 7.05 Å². The number of hydrogen-bond acceptors (Lipinski definition) is 3. The number of amides is 1. The van der Waals surface area contributed by atoms with Gasteiger partial charge in [0.2, 0.25) is 0 Å². The Kier molecular flexibility index (Phi) is 4.00. The van der Waals surface area contributed by atoms with Crippen LogP contribution in [0.3, 0.4) is 0 Å². The SMILES string of the molecule is [B]C12B(F)c3cc(-c4cccc5nn(C)cc45)cc(F)c3CN1C(=O)c1cc(Br)cnc12. The van der Waals surface area contributed by atoms with Crippen molar-refractivity contribution in [3.05, 3.63) is 75.9 Å². The Hall–Kier alpha value is -3.00. The molecule has 6 rings (SSSR count). The number of aryl methyl sites for hydroxylation is 1. The number of nitrogens with zero attached hydrogens (tertiary/aromatic N) is 4. The highest BCUT2D eigenvalue weighted by atomic mass is 79.9. The van der Waals surface area contributed by atoms with Crippen LogP contribution in [0.4, 0.5) is 8.71 Å². The van der Waals surface area contributed by atoms with Gasteiger partial charge >= 0.3 is 6.99 Å². The molecule has 1 unspecified atom stereocenters. The van der Waals surface area contributed by atoms with Crippen LogP contribution >= 0.6 is 15.9 Å². The van der Waals surface area contributed by atoms with Gasteiger partial charge in [0.25, 0.3) is 5.91 Å². The second-order valence-electron chi connectivity index (χ2n) is 8.20. The van der Waals surface area contributed by atoms with Gasteiger partial charge in [-0.25, -0.2) is 4.39 Å². The molecule has 4 heterocycles. The number of halogens is 3. The van der Waals surface area contributed by atoms with Crippen molar-refractivity contribution >= 4 is 53.0 Å². The largest absolute Gasteiger partial charge is 0.404 e. The lowest BCUT2D eigenvalue weighted by molar-refractivity contribution is 0.0715. The van der Waals surface area contributed by atoms with E-state index in [4.69, 9.17) is 7.85 Å². The third kappa shape index (κ3) is 2.47. The highest BCUT2D eigenvalue weighted by Crippen LogP contribution is 2.43. The molecule has 2 radical (unpaired) electrons. The number of carbonyl (C=O) groups is 1. The summed E-state index contributed by atoms with van der Waals surface area (Å²) in [5.74, 6) is -1.05. The van der Waals surface area contributed by atoms with E-state index in [1.807, 2.05) is 31.4 Å². The van der Waals surface area contributed by atoms with Crippen LogP contribution in [-0.4, -0.2) is 40.4 Å². The average Bonchev–Trinajstić information content (AvgIpc) is 3.24. The van der Waals surface area contributed by atoms with Gasteiger partial charge in [0.1, 0.15) is 13.7 Å². The zero-order chi connectivity index (χ0) is 22.4. The minimum atomic E-state index is -1.85. The molecule has 0 fully saturated rings. The number of benzene rings is 2. The molecule has 154 valence electrons. The second-order valence-corrected chi connectivity index (χ2v) is 9.11. The second kappa shape index (κ2) is 6.51. The summed E-state index contributed by atoms with van der Waals surface area (Å²) in [5.41, 5.74) is 2.65. The molecule has 2 aliphatic heterocycles. The van der Waals surface area contributed by atoms with Crippen molar-refractivity contribution in [3.63, 3.8) is 0 Å². The van der Waals surface area contributed by atoms with Gasteiger partial charge in [0.05, 0.1) is 22.1 Å². The Labute approximate surface area is 192 Å². The van der Waals surface area contributed by atoms with Crippen LogP contribution in [0, 0.1) is 5.82 Å². The molecule has 0 bridgehead atoms. The molecule has 2 aliphatic rings. The molecule has 5 nitrogen and oxygen atoms in total. The van der Waals surface area contributed by atoms with Crippen molar-refractivity contribution < 1.29 is 13.5 Å². The maximum atomic E-state index is 16.1. The molecule has 1 atom stereocenters. The molecule has 0 N–H and O–H groups in total. The summed E-state index contributed by atoms with van der Waals surface area (Å²) in [6, 6.07) is 10.1. The van der Waals surface area contributed by atoms with Crippen LogP contribution < -0.4 is 5.46 Å². The maximum absolute atomic E-state index is 16.1. The molecule has 0 saturated carbocycles. The Morgan fingerprint density at radius 2 is 2.06 bits per heavy atom. The number of rotatable bonds is 1. The molecule has 0 aliphatic carbocycles. The van der Waals surface area contributed by atoms with Crippen molar-refractivity contribution in [1.82, 2.24) is 19.7 Å². The van der Waals surface area contributed by atoms with Crippen LogP contribution in [0.2, 0.25) is 0 Å². The molecule has 0 saturated heterocycles. The third-order valence-corrected chi connectivity index (χ3v) is 6.77. The van der Waals surface area contributed by atoms with Crippen LogP contribution in [-0.2, 0) is 18.9 Å². The number of carbonyl (C=O) groups excluding carboxylic acids is 1. The minimum Gasteiger partial charge on any atom is -0.335 e. The van der Waals surface area contributed by atoms with E-state index < -0.39 is 24.1 Å². The number of hydrogen-bond donors (Lipinski definition) is 0. The van der Waals surface area contributed by atoms with Crippen molar-refractivity contribution in [1.29, 1.82) is 0 Å². The van der Waals surface area contributed by atoms with Gasteiger partial charge in [-0.2, -0.15) is 5.10 Å². The number of pyridine rings is 1. The fraction of sp³-hybridized carbons (Fsp3) is 0.136. The van der Waals surface area contributed by atoms with Gasteiger partial charge in [0, 0.05) is 41.4 Å². The first-order valence-corrected chi connectivity index (χ1v) is 10.7. The zero-order valence-electron chi connectivity index (χ0n) is 16.8. The quantitative estimate of drug-likeness (QED) is 0.387. The minimum absolute atomic E-state index is 0.126. The third-order valence-electron chi connectivity index (χ3n) is 6.34. The summed E-state index contributed by atoms with van der Waals surface area (Å²) in [5, 5.41) is 3.42. The van der Waals surface area contributed by atoms with Crippen molar-refractivity contribution in [2.45, 2.75) is 11.9 Å². The Morgan fingerprint density at radius 1 is 1.25 bits per heavy atom. The molecule has 32 heavy (non-hydrogen) atoms. The van der Waals surface area contributed by atoms with Crippen molar-refractivity contribution in [2.75, 3.05) is 0 Å². The molecule has 2 aromatic carbocycles. The normalized spacial score (nSPS) is 19.3. The summed E-state index contributed by atoms with van der Waals surface area (Å²) in [4.78, 5) is 18.4. The van der Waals surface area contributed by atoms with E-state index in [9.17, 15) is 4.79 Å². The van der Waals surface area contributed by atoms with Crippen LogP contribution in [0.1, 0.15) is 21.6 Å². The van der Waals surface area contributed by atoms with E-state index in [-0.39, 0.29) is 28.8 Å². The molecule has 2 aromatic heterocycles. The predicted molar refractivity (Wildman–Crippen MR) is 122 cm³/mol. The molecular formula is C22H13B2BrF2N4O. The highest BCUT2D eigenvalue weighted by Gasteiger charge is 2.58. The highest BCUT2D eigenvalue weighted by molar-refractivity contribution is 9.10. The first-order chi connectivity index (χ1) is 15.3. The lowest BCUT2D eigenvalue weighted by Gasteiger charge is -2.42. The Balaban J connectivity index is 1.56. The first-order valence-electron chi connectivity index (χ1n) is 9.95. The van der Waals surface area contributed by atoms with E-state index >= 15 is 8.71 Å². The van der Waals surface area contributed by atoms with E-state index in [1.165, 1.54) is 17.2 Å². The Morgan fingerprint density at radius 3 is 2.88 bits per heavy atom. The van der Waals surface area contributed by atoms with Crippen LogP contribution in [0.5, 0.6) is 0 Å². The standard InChI is InChI=1S/C22H13B2BrF2N4O/c1-30-9-15-13(3-2-4-19(15)29-30)11-5-17-16(18(26)6-11)10-31-21(32)14-7-12(25)8-28-20(14)22(31,23)24(17)27/h2-9H,10H2,1H3. The molecule has 10 heteroatoms. The first kappa shape index (κ1) is 19.7. The van der Waals surface area contributed by atoms with Gasteiger partial charge in [-0.15, -0.1) is 0 Å². The summed E-state index contributed by atoms with van der Waals surface area (Å²) < 4.78 is 33.7. The number of fused-ring (bicyclic) bond motifs is 5. The average molecular weight is 489 g/mol. The van der Waals surface area contributed by atoms with E-state index in [0.717, 1.165) is 16.5 Å². The summed E-state index contributed by atoms with van der Waals surface area (Å²) >= 11 is 3.29. The summed E-state index contributed by atoms with van der Waals surface area (Å²) in [6.07, 6.45) is 3.32. The summed E-state index contributed by atoms with van der Waals surface area (Å²) in [6.45, 7) is -1.99. The monoisotopic (exact) mass is 488 g/mol. The Bertz CT molecular complexity index is 1480. The smallest absolute Gasteiger partial charge is 0.335 e.